The Labute approximate surface area is 160 Å². The number of amides is 2. The van der Waals surface area contributed by atoms with Gasteiger partial charge in [0.15, 0.2) is 11.5 Å². The summed E-state index contributed by atoms with van der Waals surface area (Å²) in [5.41, 5.74) is 0.898. The molecule has 2 heterocycles. The zero-order chi connectivity index (χ0) is 19.7. The van der Waals surface area contributed by atoms with Crippen LogP contribution in [0.3, 0.4) is 0 Å². The number of hydrogen-bond acceptors (Lipinski definition) is 6. The number of nitro groups is 1. The van der Waals surface area contributed by atoms with E-state index < -0.39 is 4.92 Å². The number of nitro benzene ring substituents is 1. The zero-order valence-corrected chi connectivity index (χ0v) is 14.8. The molecule has 0 unspecified atom stereocenters. The second-order valence-corrected chi connectivity index (χ2v) is 6.51. The molecule has 1 N–H and O–H groups in total. The number of benzene rings is 2. The summed E-state index contributed by atoms with van der Waals surface area (Å²) >= 11 is 0. The number of anilines is 1. The van der Waals surface area contributed by atoms with E-state index in [2.05, 4.69) is 5.32 Å². The van der Waals surface area contributed by atoms with E-state index in [-0.39, 0.29) is 30.0 Å². The second kappa shape index (κ2) is 7.18. The third-order valence-corrected chi connectivity index (χ3v) is 4.64. The minimum absolute atomic E-state index is 0.0858. The second-order valence-electron chi connectivity index (χ2n) is 6.51. The molecule has 28 heavy (non-hydrogen) atoms. The molecule has 1 atom stereocenters. The molecule has 4 rings (SSSR count). The first-order valence-electron chi connectivity index (χ1n) is 8.76. The number of carbonyl (C=O) groups is 2. The normalized spacial score (nSPS) is 18.1. The van der Waals surface area contributed by atoms with Crippen LogP contribution in [0.25, 0.3) is 0 Å². The SMILES string of the molecule is O=C(N[C@@H]1CC(=O)N(c2ccc3c(c2)OCCO3)C1)c1ccc([N+](=O)[O-])cc1. The molecule has 1 fully saturated rings. The molecule has 0 spiro atoms. The Hall–Kier alpha value is -3.62. The topological polar surface area (TPSA) is 111 Å². The molecule has 0 saturated carbocycles. The van der Waals surface area contributed by atoms with Gasteiger partial charge in [0.05, 0.1) is 11.0 Å². The fourth-order valence-electron chi connectivity index (χ4n) is 3.26. The Morgan fingerprint density at radius 1 is 1.11 bits per heavy atom. The van der Waals surface area contributed by atoms with Crippen molar-refractivity contribution < 1.29 is 24.0 Å². The van der Waals surface area contributed by atoms with Crippen molar-refractivity contribution in [2.45, 2.75) is 12.5 Å². The maximum Gasteiger partial charge on any atom is 0.269 e. The van der Waals surface area contributed by atoms with Gasteiger partial charge in [0.25, 0.3) is 11.6 Å². The highest BCUT2D eigenvalue weighted by molar-refractivity contribution is 5.99. The van der Waals surface area contributed by atoms with Gasteiger partial charge in [0, 0.05) is 42.4 Å². The summed E-state index contributed by atoms with van der Waals surface area (Å²) in [6.07, 6.45) is 0.174. The highest BCUT2D eigenvalue weighted by Crippen LogP contribution is 2.35. The first kappa shape index (κ1) is 17.8. The summed E-state index contributed by atoms with van der Waals surface area (Å²) in [6.45, 7) is 1.28. The van der Waals surface area contributed by atoms with E-state index >= 15 is 0 Å². The molecule has 1 saturated heterocycles. The van der Waals surface area contributed by atoms with Crippen LogP contribution in [0.5, 0.6) is 11.5 Å². The predicted molar refractivity (Wildman–Crippen MR) is 98.8 cm³/mol. The van der Waals surface area contributed by atoms with Crippen molar-refractivity contribution in [3.63, 3.8) is 0 Å². The number of carbonyl (C=O) groups excluding carboxylic acids is 2. The highest BCUT2D eigenvalue weighted by atomic mass is 16.6. The zero-order valence-electron chi connectivity index (χ0n) is 14.8. The van der Waals surface area contributed by atoms with Crippen LogP contribution in [0, 0.1) is 10.1 Å². The molecule has 2 aromatic carbocycles. The standard InChI is InChI=1S/C19H17N3O6/c23-18-9-13(20-19(24)12-1-3-14(4-2-12)22(25)26)11-21(18)15-5-6-16-17(10-15)28-8-7-27-16/h1-6,10,13H,7-9,11H2,(H,20,24)/t13-/m1/s1. The lowest BCUT2D eigenvalue weighted by molar-refractivity contribution is -0.384. The molecule has 0 radical (unpaired) electrons. The average molecular weight is 383 g/mol. The van der Waals surface area contributed by atoms with Crippen molar-refractivity contribution in [3.05, 3.63) is 58.1 Å². The quantitative estimate of drug-likeness (QED) is 0.638. The van der Waals surface area contributed by atoms with E-state index in [1.54, 1.807) is 23.1 Å². The van der Waals surface area contributed by atoms with E-state index in [4.69, 9.17) is 9.47 Å². The van der Waals surface area contributed by atoms with Gasteiger partial charge in [-0.2, -0.15) is 0 Å². The fraction of sp³-hybridized carbons (Fsp3) is 0.263. The summed E-state index contributed by atoms with van der Waals surface area (Å²) < 4.78 is 11.0. The van der Waals surface area contributed by atoms with Gasteiger partial charge in [-0.3, -0.25) is 19.7 Å². The van der Waals surface area contributed by atoms with Crippen molar-refractivity contribution in [2.24, 2.45) is 0 Å². The van der Waals surface area contributed by atoms with Gasteiger partial charge in [-0.1, -0.05) is 0 Å². The molecule has 2 aromatic rings. The Morgan fingerprint density at radius 2 is 1.82 bits per heavy atom. The largest absolute Gasteiger partial charge is 0.486 e. The number of non-ortho nitro benzene ring substituents is 1. The van der Waals surface area contributed by atoms with Crippen LogP contribution in [0.2, 0.25) is 0 Å². The first-order chi connectivity index (χ1) is 13.5. The molecule has 9 nitrogen and oxygen atoms in total. The molecule has 144 valence electrons. The van der Waals surface area contributed by atoms with Gasteiger partial charge in [-0.05, 0) is 24.3 Å². The number of hydrogen-bond donors (Lipinski definition) is 1. The lowest BCUT2D eigenvalue weighted by atomic mass is 10.1. The van der Waals surface area contributed by atoms with Crippen LogP contribution in [-0.4, -0.2) is 42.5 Å². The predicted octanol–water partition coefficient (Wildman–Crippen LogP) is 1.90. The van der Waals surface area contributed by atoms with Gasteiger partial charge >= 0.3 is 0 Å². The molecule has 0 bridgehead atoms. The Balaban J connectivity index is 1.43. The van der Waals surface area contributed by atoms with E-state index in [0.29, 0.717) is 42.5 Å². The molecule has 2 aliphatic heterocycles. The lowest BCUT2D eigenvalue weighted by Crippen LogP contribution is -2.37. The van der Waals surface area contributed by atoms with Crippen LogP contribution in [0.15, 0.2) is 42.5 Å². The monoisotopic (exact) mass is 383 g/mol. The molecule has 0 aromatic heterocycles. The van der Waals surface area contributed by atoms with Crippen LogP contribution >= 0.6 is 0 Å². The van der Waals surface area contributed by atoms with Gasteiger partial charge in [0.1, 0.15) is 13.2 Å². The maximum absolute atomic E-state index is 12.4. The van der Waals surface area contributed by atoms with E-state index in [1.165, 1.54) is 24.3 Å². The summed E-state index contributed by atoms with van der Waals surface area (Å²) in [5, 5.41) is 13.5. The van der Waals surface area contributed by atoms with Gasteiger partial charge in [0.2, 0.25) is 5.91 Å². The number of nitrogens with zero attached hydrogens (tertiary/aromatic N) is 2. The summed E-state index contributed by atoms with van der Waals surface area (Å²) in [5.74, 6) is 0.752. The Bertz CT molecular complexity index is 943. The summed E-state index contributed by atoms with van der Waals surface area (Å²) in [7, 11) is 0. The van der Waals surface area contributed by atoms with Gasteiger partial charge < -0.3 is 19.7 Å². The van der Waals surface area contributed by atoms with Crippen LogP contribution < -0.4 is 19.7 Å². The smallest absolute Gasteiger partial charge is 0.269 e. The van der Waals surface area contributed by atoms with Crippen LogP contribution in [0.1, 0.15) is 16.8 Å². The Kier molecular flexibility index (Phi) is 4.56. The average Bonchev–Trinajstić information content (AvgIpc) is 3.07. The van der Waals surface area contributed by atoms with Crippen molar-refractivity contribution in [1.29, 1.82) is 0 Å². The van der Waals surface area contributed by atoms with Gasteiger partial charge in [-0.25, -0.2) is 0 Å². The van der Waals surface area contributed by atoms with Crippen LogP contribution in [0.4, 0.5) is 11.4 Å². The number of nitrogens with one attached hydrogen (secondary N) is 1. The van der Waals surface area contributed by atoms with Gasteiger partial charge in [-0.15, -0.1) is 0 Å². The molecule has 9 heteroatoms. The number of ether oxygens (including phenoxy) is 2. The minimum atomic E-state index is -0.525. The lowest BCUT2D eigenvalue weighted by Gasteiger charge is -2.22. The van der Waals surface area contributed by atoms with Crippen molar-refractivity contribution in [2.75, 3.05) is 24.7 Å². The fourth-order valence-corrected chi connectivity index (χ4v) is 3.26. The number of rotatable bonds is 4. The van der Waals surface area contributed by atoms with E-state index in [0.717, 1.165) is 0 Å². The van der Waals surface area contributed by atoms with Crippen molar-refractivity contribution in [3.8, 4) is 11.5 Å². The minimum Gasteiger partial charge on any atom is -0.486 e. The third-order valence-electron chi connectivity index (χ3n) is 4.64. The maximum atomic E-state index is 12.4. The first-order valence-corrected chi connectivity index (χ1v) is 8.76. The van der Waals surface area contributed by atoms with E-state index in [9.17, 15) is 19.7 Å². The molecule has 2 aliphatic rings. The van der Waals surface area contributed by atoms with Crippen LogP contribution in [-0.2, 0) is 4.79 Å². The third kappa shape index (κ3) is 3.46. The van der Waals surface area contributed by atoms with Crippen molar-refractivity contribution in [1.82, 2.24) is 5.32 Å². The summed E-state index contributed by atoms with van der Waals surface area (Å²) in [4.78, 5) is 36.6. The highest BCUT2D eigenvalue weighted by Gasteiger charge is 2.32. The number of fused-ring (bicyclic) bond motifs is 1. The molecular formula is C19H17N3O6. The van der Waals surface area contributed by atoms with Crippen molar-refractivity contribution >= 4 is 23.2 Å². The van der Waals surface area contributed by atoms with E-state index in [1.807, 2.05) is 0 Å². The molecule has 2 amide bonds. The Morgan fingerprint density at radius 3 is 2.54 bits per heavy atom. The molecule has 0 aliphatic carbocycles. The summed E-state index contributed by atoms with van der Waals surface area (Å²) in [6, 6.07) is 10.3. The molecular weight excluding hydrogens is 366 g/mol.